The van der Waals surface area contributed by atoms with E-state index >= 15 is 0 Å². The van der Waals surface area contributed by atoms with E-state index in [0.29, 0.717) is 51.7 Å². The van der Waals surface area contributed by atoms with E-state index in [1.54, 1.807) is 26.0 Å². The third-order valence-corrected chi connectivity index (χ3v) is 5.27. The number of carbonyl (C=O) groups is 2. The molecule has 0 N–H and O–H groups in total. The van der Waals surface area contributed by atoms with Gasteiger partial charge < -0.3 is 18.9 Å². The van der Waals surface area contributed by atoms with Gasteiger partial charge in [0.15, 0.2) is 11.5 Å². The minimum atomic E-state index is -0.595. The second-order valence-corrected chi connectivity index (χ2v) is 7.67. The van der Waals surface area contributed by atoms with Gasteiger partial charge in [-0.05, 0) is 60.8 Å². The summed E-state index contributed by atoms with van der Waals surface area (Å²) >= 11 is 3.56. The van der Waals surface area contributed by atoms with Crippen molar-refractivity contribution in [2.45, 2.75) is 40.5 Å². The highest BCUT2D eigenvalue weighted by molar-refractivity contribution is 9.10. The zero-order valence-electron chi connectivity index (χ0n) is 18.8. The number of aryl methyl sites for hydroxylation is 2. The molecule has 0 saturated carbocycles. The fourth-order valence-corrected chi connectivity index (χ4v) is 3.83. The normalized spacial score (nSPS) is 10.5. The summed E-state index contributed by atoms with van der Waals surface area (Å²) in [5, 5.41) is 0. The van der Waals surface area contributed by atoms with Crippen LogP contribution in [0.1, 0.15) is 58.8 Å². The molecule has 1 aromatic carbocycles. The largest absolute Gasteiger partial charge is 0.490 e. The molecule has 0 amide bonds. The number of nitrogens with zero attached hydrogens (tertiary/aromatic N) is 1. The number of pyridine rings is 1. The van der Waals surface area contributed by atoms with Gasteiger partial charge in [0.1, 0.15) is 0 Å². The van der Waals surface area contributed by atoms with Crippen molar-refractivity contribution in [1.29, 1.82) is 0 Å². The molecule has 168 valence electrons. The Kier molecular flexibility index (Phi) is 8.86. The minimum Gasteiger partial charge on any atom is -0.490 e. The smallest absolute Gasteiger partial charge is 0.340 e. The number of methoxy groups -OCH3 is 2. The van der Waals surface area contributed by atoms with E-state index in [0.717, 1.165) is 12.8 Å². The van der Waals surface area contributed by atoms with Crippen LogP contribution in [0.3, 0.4) is 0 Å². The van der Waals surface area contributed by atoms with Crippen LogP contribution in [0.5, 0.6) is 11.5 Å². The van der Waals surface area contributed by atoms with E-state index < -0.39 is 11.9 Å². The molecule has 0 bridgehead atoms. The van der Waals surface area contributed by atoms with Crippen LogP contribution in [0.15, 0.2) is 16.6 Å². The first kappa shape index (κ1) is 24.7. The van der Waals surface area contributed by atoms with E-state index in [1.807, 2.05) is 6.92 Å². The monoisotopic (exact) mass is 493 g/mol. The molecule has 8 heteroatoms. The van der Waals surface area contributed by atoms with Crippen LogP contribution in [-0.2, 0) is 9.47 Å². The first-order valence-electron chi connectivity index (χ1n) is 10.1. The predicted octanol–water partition coefficient (Wildman–Crippen LogP) is 5.28. The van der Waals surface area contributed by atoms with Gasteiger partial charge in [-0.3, -0.25) is 4.98 Å². The highest BCUT2D eigenvalue weighted by Gasteiger charge is 2.28. The summed E-state index contributed by atoms with van der Waals surface area (Å²) in [6, 6.07) is 3.54. The van der Waals surface area contributed by atoms with Gasteiger partial charge in [-0.25, -0.2) is 9.59 Å². The number of benzene rings is 1. The van der Waals surface area contributed by atoms with E-state index in [9.17, 15) is 9.59 Å². The van der Waals surface area contributed by atoms with E-state index in [1.165, 1.54) is 14.2 Å². The van der Waals surface area contributed by atoms with Crippen molar-refractivity contribution in [1.82, 2.24) is 4.98 Å². The zero-order valence-corrected chi connectivity index (χ0v) is 20.3. The fraction of sp³-hybridized carbons (Fsp3) is 0.435. The van der Waals surface area contributed by atoms with Crippen molar-refractivity contribution < 1.29 is 28.5 Å². The molecular weight excluding hydrogens is 466 g/mol. The lowest BCUT2D eigenvalue weighted by molar-refractivity contribution is 0.0599. The van der Waals surface area contributed by atoms with Crippen molar-refractivity contribution >= 4 is 27.9 Å². The zero-order chi connectivity index (χ0) is 23.1. The topological polar surface area (TPSA) is 84.0 Å². The molecule has 1 aromatic heterocycles. The molecule has 2 aromatic rings. The molecule has 0 aliphatic rings. The lowest BCUT2D eigenvalue weighted by Crippen LogP contribution is -2.16. The van der Waals surface area contributed by atoms with Crippen LogP contribution in [-0.4, -0.2) is 44.4 Å². The van der Waals surface area contributed by atoms with Gasteiger partial charge in [0.05, 0.1) is 54.4 Å². The van der Waals surface area contributed by atoms with Crippen molar-refractivity contribution in [3.63, 3.8) is 0 Å². The second-order valence-electron chi connectivity index (χ2n) is 6.81. The lowest BCUT2D eigenvalue weighted by Gasteiger charge is -2.19. The van der Waals surface area contributed by atoms with Gasteiger partial charge in [-0.15, -0.1) is 0 Å². The maximum Gasteiger partial charge on any atom is 0.340 e. The Morgan fingerprint density at radius 3 is 2.03 bits per heavy atom. The van der Waals surface area contributed by atoms with Crippen LogP contribution < -0.4 is 9.47 Å². The van der Waals surface area contributed by atoms with Crippen molar-refractivity contribution in [2.24, 2.45) is 0 Å². The highest BCUT2D eigenvalue weighted by Crippen LogP contribution is 2.42. The summed E-state index contributed by atoms with van der Waals surface area (Å²) in [5.74, 6) is -0.118. The molecule has 1 heterocycles. The first-order valence-corrected chi connectivity index (χ1v) is 10.9. The second kappa shape index (κ2) is 11.1. The van der Waals surface area contributed by atoms with Crippen molar-refractivity contribution in [3.8, 4) is 22.6 Å². The summed E-state index contributed by atoms with van der Waals surface area (Å²) in [6.07, 6.45) is 1.90. The molecule has 31 heavy (non-hydrogen) atoms. The third-order valence-electron chi connectivity index (χ3n) is 4.68. The summed E-state index contributed by atoms with van der Waals surface area (Å²) in [6.45, 7) is 8.32. The molecule has 0 unspecified atom stereocenters. The average molecular weight is 494 g/mol. The number of hydrogen-bond donors (Lipinski definition) is 0. The average Bonchev–Trinajstić information content (AvgIpc) is 2.74. The first-order chi connectivity index (χ1) is 14.8. The molecular formula is C23H28BrNO6. The van der Waals surface area contributed by atoms with Crippen LogP contribution in [0, 0.1) is 13.8 Å². The molecule has 0 radical (unpaired) electrons. The summed E-state index contributed by atoms with van der Waals surface area (Å²) in [7, 11) is 2.57. The molecule has 0 aliphatic carbocycles. The van der Waals surface area contributed by atoms with Gasteiger partial charge >= 0.3 is 11.9 Å². The Balaban J connectivity index is 2.84. The number of halogens is 1. The maximum absolute atomic E-state index is 12.7. The predicted molar refractivity (Wildman–Crippen MR) is 121 cm³/mol. The van der Waals surface area contributed by atoms with E-state index in [2.05, 4.69) is 27.8 Å². The van der Waals surface area contributed by atoms with Gasteiger partial charge in [-0.1, -0.05) is 13.3 Å². The number of rotatable bonds is 9. The third kappa shape index (κ3) is 5.36. The standard InChI is InChI=1S/C23H28BrNO6/c1-7-9-10-31-21-16(24)11-15(12-17(21)30-8-2)20-18(22(26)28-5)13(3)25-14(4)19(20)23(27)29-6/h11-12H,7-10H2,1-6H3. The molecule has 0 spiro atoms. The number of unbranched alkanes of at least 4 members (excludes halogenated alkanes) is 1. The quantitative estimate of drug-likeness (QED) is 0.347. The Hall–Kier alpha value is -2.61. The molecule has 0 aliphatic heterocycles. The van der Waals surface area contributed by atoms with Gasteiger partial charge in [-0.2, -0.15) is 0 Å². The Morgan fingerprint density at radius 2 is 1.55 bits per heavy atom. The van der Waals surface area contributed by atoms with Crippen LogP contribution in [0.2, 0.25) is 0 Å². The number of carbonyl (C=O) groups excluding carboxylic acids is 2. The summed E-state index contributed by atoms with van der Waals surface area (Å²) in [5.41, 5.74) is 2.25. The fourth-order valence-electron chi connectivity index (χ4n) is 3.28. The Labute approximate surface area is 191 Å². The maximum atomic E-state index is 12.7. The van der Waals surface area contributed by atoms with Crippen LogP contribution in [0.25, 0.3) is 11.1 Å². The number of aromatic nitrogens is 1. The van der Waals surface area contributed by atoms with Crippen molar-refractivity contribution in [3.05, 3.63) is 39.1 Å². The van der Waals surface area contributed by atoms with Crippen molar-refractivity contribution in [2.75, 3.05) is 27.4 Å². The summed E-state index contributed by atoms with van der Waals surface area (Å²) in [4.78, 5) is 29.7. The van der Waals surface area contributed by atoms with Gasteiger partial charge in [0, 0.05) is 5.56 Å². The van der Waals surface area contributed by atoms with Gasteiger partial charge in [0.25, 0.3) is 0 Å². The van der Waals surface area contributed by atoms with Crippen LogP contribution in [0.4, 0.5) is 0 Å². The molecule has 2 rings (SSSR count). The molecule has 0 saturated heterocycles. The molecule has 0 fully saturated rings. The minimum absolute atomic E-state index is 0.197. The highest BCUT2D eigenvalue weighted by atomic mass is 79.9. The number of hydrogen-bond acceptors (Lipinski definition) is 7. The van der Waals surface area contributed by atoms with E-state index in [-0.39, 0.29) is 11.1 Å². The summed E-state index contributed by atoms with van der Waals surface area (Å²) < 4.78 is 22.4. The van der Waals surface area contributed by atoms with Crippen LogP contribution >= 0.6 is 15.9 Å². The number of ether oxygens (including phenoxy) is 4. The molecule has 0 atom stereocenters. The SMILES string of the molecule is CCCCOc1c(Br)cc(-c2c(C(=O)OC)c(C)nc(C)c2C(=O)OC)cc1OCC. The lowest BCUT2D eigenvalue weighted by atomic mass is 9.92. The van der Waals surface area contributed by atoms with E-state index in [4.69, 9.17) is 18.9 Å². The molecule has 7 nitrogen and oxygen atoms in total. The van der Waals surface area contributed by atoms with Gasteiger partial charge in [0.2, 0.25) is 0 Å². The number of esters is 2. The Bertz CT molecular complexity index is 933. The Morgan fingerprint density at radius 1 is 0.968 bits per heavy atom.